The number of benzene rings is 1. The van der Waals surface area contributed by atoms with Crippen molar-refractivity contribution < 1.29 is 16.8 Å². The molecule has 0 fully saturated rings. The Bertz CT molecular complexity index is 668. The molecular weight excluding hydrogens is 310 g/mol. The third kappa shape index (κ3) is 5.38. The third-order valence-corrected chi connectivity index (χ3v) is 4.87. The number of halogens is 1. The highest BCUT2D eigenvalue weighted by atomic mass is 35.5. The van der Waals surface area contributed by atoms with Gasteiger partial charge in [0.2, 0.25) is 0 Å². The number of hydrogen-bond acceptors (Lipinski definition) is 5. The maximum Gasteiger partial charge on any atom is 0.175 e. The zero-order valence-electron chi connectivity index (χ0n) is 10.8. The average molecular weight is 326 g/mol. The molecule has 108 valence electrons. The van der Waals surface area contributed by atoms with Crippen LogP contribution >= 0.6 is 11.6 Å². The summed E-state index contributed by atoms with van der Waals surface area (Å²) >= 11 is 5.95. The molecule has 0 aliphatic rings. The van der Waals surface area contributed by atoms with Crippen LogP contribution in [0.1, 0.15) is 6.92 Å². The van der Waals surface area contributed by atoms with Crippen LogP contribution in [0.25, 0.3) is 0 Å². The van der Waals surface area contributed by atoms with Gasteiger partial charge in [0.25, 0.3) is 0 Å². The molecule has 1 unspecified atom stereocenters. The van der Waals surface area contributed by atoms with E-state index in [0.717, 1.165) is 12.5 Å². The lowest BCUT2D eigenvalue weighted by molar-refractivity contribution is 0.597. The van der Waals surface area contributed by atoms with Crippen LogP contribution in [0.5, 0.6) is 0 Å². The normalized spacial score (nSPS) is 14.1. The van der Waals surface area contributed by atoms with E-state index >= 15 is 0 Å². The quantitative estimate of drug-likeness (QED) is 0.889. The second kappa shape index (κ2) is 5.68. The van der Waals surface area contributed by atoms with Gasteiger partial charge in [0.15, 0.2) is 9.84 Å². The highest BCUT2D eigenvalue weighted by molar-refractivity contribution is 7.91. The lowest BCUT2D eigenvalue weighted by Crippen LogP contribution is -2.25. The van der Waals surface area contributed by atoms with Gasteiger partial charge in [-0.25, -0.2) is 16.8 Å². The van der Waals surface area contributed by atoms with Gasteiger partial charge in [0, 0.05) is 18.6 Å². The molecule has 0 saturated carbocycles. The Morgan fingerprint density at radius 3 is 2.26 bits per heavy atom. The molecule has 0 aliphatic carbocycles. The summed E-state index contributed by atoms with van der Waals surface area (Å²) in [6.07, 6.45) is 2.24. The highest BCUT2D eigenvalue weighted by Gasteiger charge is 2.14. The summed E-state index contributed by atoms with van der Waals surface area (Å²) in [5, 5.41) is 3.24. The van der Waals surface area contributed by atoms with Crippen LogP contribution in [0, 0.1) is 0 Å². The Morgan fingerprint density at radius 2 is 1.79 bits per heavy atom. The van der Waals surface area contributed by atoms with Crippen molar-refractivity contribution in [2.24, 2.45) is 0 Å². The average Bonchev–Trinajstić information content (AvgIpc) is 2.16. The second-order valence-electron chi connectivity index (χ2n) is 4.55. The van der Waals surface area contributed by atoms with Crippen molar-refractivity contribution in [2.45, 2.75) is 17.9 Å². The van der Waals surface area contributed by atoms with Crippen molar-refractivity contribution in [2.75, 3.05) is 23.6 Å². The zero-order valence-corrected chi connectivity index (χ0v) is 13.2. The first-order valence-electron chi connectivity index (χ1n) is 5.43. The molecule has 5 nitrogen and oxygen atoms in total. The van der Waals surface area contributed by atoms with E-state index in [1.165, 1.54) is 18.2 Å². The van der Waals surface area contributed by atoms with E-state index in [0.29, 0.717) is 10.7 Å². The number of anilines is 1. The second-order valence-corrected chi connectivity index (χ2v) is 9.16. The first-order valence-corrected chi connectivity index (χ1v) is 9.76. The van der Waals surface area contributed by atoms with E-state index in [1.807, 2.05) is 0 Å². The van der Waals surface area contributed by atoms with E-state index in [2.05, 4.69) is 5.32 Å². The van der Waals surface area contributed by atoms with E-state index < -0.39 is 19.7 Å². The fourth-order valence-corrected chi connectivity index (χ4v) is 3.42. The Hall–Kier alpha value is -0.790. The van der Waals surface area contributed by atoms with Crippen LogP contribution in [0.3, 0.4) is 0 Å². The Kier molecular flexibility index (Phi) is 4.86. The summed E-state index contributed by atoms with van der Waals surface area (Å²) in [5.74, 6) is -0.0631. The largest absolute Gasteiger partial charge is 0.380 e. The maximum atomic E-state index is 11.4. The Labute approximate surface area is 118 Å². The number of sulfone groups is 2. The minimum atomic E-state index is -3.33. The molecule has 0 saturated heterocycles. The van der Waals surface area contributed by atoms with Gasteiger partial charge in [0.1, 0.15) is 9.84 Å². The van der Waals surface area contributed by atoms with Gasteiger partial charge < -0.3 is 5.32 Å². The molecule has 0 heterocycles. The predicted octanol–water partition coefficient (Wildman–Crippen LogP) is 1.59. The van der Waals surface area contributed by atoms with Crippen molar-refractivity contribution in [1.82, 2.24) is 0 Å². The van der Waals surface area contributed by atoms with Crippen molar-refractivity contribution in [1.29, 1.82) is 0 Å². The van der Waals surface area contributed by atoms with Crippen LogP contribution in [-0.4, -0.2) is 41.1 Å². The summed E-state index contributed by atoms with van der Waals surface area (Å²) in [6.45, 7) is 1.69. The Balaban J connectivity index is 3.01. The minimum Gasteiger partial charge on any atom is -0.380 e. The van der Waals surface area contributed by atoms with Gasteiger partial charge in [-0.1, -0.05) is 11.6 Å². The third-order valence-electron chi connectivity index (χ3n) is 2.32. The molecule has 1 aromatic rings. The van der Waals surface area contributed by atoms with Gasteiger partial charge in [-0.15, -0.1) is 0 Å². The summed E-state index contributed by atoms with van der Waals surface area (Å²) < 4.78 is 45.2. The molecule has 0 radical (unpaired) electrons. The molecule has 0 aromatic heterocycles. The number of rotatable bonds is 5. The van der Waals surface area contributed by atoms with Crippen LogP contribution in [-0.2, 0) is 19.7 Å². The lowest BCUT2D eigenvalue weighted by Gasteiger charge is -2.16. The van der Waals surface area contributed by atoms with Gasteiger partial charge in [-0.05, 0) is 25.1 Å². The lowest BCUT2D eigenvalue weighted by atomic mass is 10.3. The molecule has 1 N–H and O–H groups in total. The van der Waals surface area contributed by atoms with Crippen molar-refractivity contribution in [3.05, 3.63) is 23.2 Å². The van der Waals surface area contributed by atoms with Gasteiger partial charge >= 0.3 is 0 Å². The van der Waals surface area contributed by atoms with E-state index in [9.17, 15) is 16.8 Å². The zero-order chi connectivity index (χ0) is 14.8. The summed E-state index contributed by atoms with van der Waals surface area (Å²) in [6, 6.07) is 3.90. The van der Waals surface area contributed by atoms with Crippen molar-refractivity contribution >= 4 is 37.0 Å². The maximum absolute atomic E-state index is 11.4. The van der Waals surface area contributed by atoms with E-state index in [1.54, 1.807) is 6.92 Å². The molecule has 0 bridgehead atoms. The fraction of sp³-hybridized carbons (Fsp3) is 0.455. The van der Waals surface area contributed by atoms with Crippen molar-refractivity contribution in [3.63, 3.8) is 0 Å². The van der Waals surface area contributed by atoms with E-state index in [4.69, 9.17) is 11.6 Å². The summed E-state index contributed by atoms with van der Waals surface area (Å²) in [5.41, 5.74) is 0.403. The van der Waals surface area contributed by atoms with Gasteiger partial charge in [0.05, 0.1) is 21.4 Å². The SMILES string of the molecule is CC(CS(C)(=O)=O)Nc1cc(S(C)(=O)=O)ccc1Cl. The predicted molar refractivity (Wildman–Crippen MR) is 77.4 cm³/mol. The molecular formula is C11H16ClNO4S2. The Morgan fingerprint density at radius 1 is 1.21 bits per heavy atom. The molecule has 1 aromatic carbocycles. The molecule has 8 heteroatoms. The monoisotopic (exact) mass is 325 g/mol. The first kappa shape index (κ1) is 16.3. The smallest absolute Gasteiger partial charge is 0.175 e. The molecule has 1 atom stereocenters. The number of hydrogen-bond donors (Lipinski definition) is 1. The topological polar surface area (TPSA) is 80.3 Å². The van der Waals surface area contributed by atoms with Gasteiger partial charge in [-0.2, -0.15) is 0 Å². The highest BCUT2D eigenvalue weighted by Crippen LogP contribution is 2.26. The molecule has 0 amide bonds. The van der Waals surface area contributed by atoms with E-state index in [-0.39, 0.29) is 16.7 Å². The fourth-order valence-electron chi connectivity index (χ4n) is 1.61. The van der Waals surface area contributed by atoms with Crippen molar-refractivity contribution in [3.8, 4) is 0 Å². The van der Waals surface area contributed by atoms with Gasteiger partial charge in [-0.3, -0.25) is 0 Å². The molecule has 19 heavy (non-hydrogen) atoms. The summed E-state index contributed by atoms with van der Waals surface area (Å²) in [4.78, 5) is 0.131. The van der Waals surface area contributed by atoms with Crippen LogP contribution in [0.4, 0.5) is 5.69 Å². The molecule has 0 aliphatic heterocycles. The number of nitrogens with one attached hydrogen (secondary N) is 1. The molecule has 1 rings (SSSR count). The first-order chi connectivity index (χ1) is 8.49. The molecule has 0 spiro atoms. The summed E-state index contributed by atoms with van der Waals surface area (Å²) in [7, 11) is -6.45. The van der Waals surface area contributed by atoms with Crippen LogP contribution in [0.15, 0.2) is 23.1 Å². The van der Waals surface area contributed by atoms with Crippen LogP contribution < -0.4 is 5.32 Å². The minimum absolute atomic E-state index is 0.0631. The van der Waals surface area contributed by atoms with Crippen LogP contribution in [0.2, 0.25) is 5.02 Å². The standard InChI is InChI=1S/C11H16ClNO4S2/c1-8(7-18(2,14)15)13-11-6-9(19(3,16)17)4-5-10(11)12/h4-6,8,13H,7H2,1-3H3.